The molecule has 114 valence electrons. The number of rotatable bonds is 3. The van der Waals surface area contributed by atoms with E-state index in [9.17, 15) is 18.7 Å². The number of hydrogen-bond acceptors (Lipinski definition) is 6. The molecule has 0 radical (unpaired) electrons. The van der Waals surface area contributed by atoms with E-state index >= 15 is 0 Å². The molecule has 1 aliphatic rings. The van der Waals surface area contributed by atoms with Gasteiger partial charge in [0.25, 0.3) is 0 Å². The summed E-state index contributed by atoms with van der Waals surface area (Å²) in [7, 11) is 0. The lowest BCUT2D eigenvalue weighted by Crippen LogP contribution is -2.44. The molecule has 21 heavy (non-hydrogen) atoms. The normalized spacial score (nSPS) is 30.9. The SMILES string of the molecule is CC[C@@]1(N=[N+]=[N-])O[C@H](c2cnc(=O)[nH]c2N)C(F)(F)[C@@H]1O. The van der Waals surface area contributed by atoms with Crippen molar-refractivity contribution in [3.8, 4) is 0 Å². The number of aliphatic hydroxyl groups excluding tert-OH is 1. The molecule has 1 aromatic rings. The Balaban J connectivity index is 2.55. The summed E-state index contributed by atoms with van der Waals surface area (Å²) < 4.78 is 33.6. The minimum atomic E-state index is -3.78. The molecule has 1 aliphatic heterocycles. The summed E-state index contributed by atoms with van der Waals surface area (Å²) >= 11 is 0. The van der Waals surface area contributed by atoms with Crippen LogP contribution < -0.4 is 11.4 Å². The average Bonchev–Trinajstić information content (AvgIpc) is 2.61. The van der Waals surface area contributed by atoms with E-state index in [1.807, 2.05) is 0 Å². The summed E-state index contributed by atoms with van der Waals surface area (Å²) in [6, 6.07) is 0. The Labute approximate surface area is 116 Å². The van der Waals surface area contributed by atoms with Gasteiger partial charge in [-0.05, 0) is 12.0 Å². The maximum atomic E-state index is 14.2. The van der Waals surface area contributed by atoms with Crippen molar-refractivity contribution in [3.63, 3.8) is 0 Å². The van der Waals surface area contributed by atoms with Gasteiger partial charge in [0, 0.05) is 16.7 Å². The van der Waals surface area contributed by atoms with Gasteiger partial charge in [-0.25, -0.2) is 18.6 Å². The van der Waals surface area contributed by atoms with Crippen LogP contribution >= 0.6 is 0 Å². The highest BCUT2D eigenvalue weighted by atomic mass is 19.3. The molecule has 0 bridgehead atoms. The van der Waals surface area contributed by atoms with Gasteiger partial charge in [0.1, 0.15) is 5.82 Å². The van der Waals surface area contributed by atoms with Crippen molar-refractivity contribution in [3.05, 3.63) is 32.7 Å². The number of aromatic nitrogens is 2. The molecule has 1 fully saturated rings. The van der Waals surface area contributed by atoms with Crippen LogP contribution in [0, 0.1) is 0 Å². The third-order valence-corrected chi connectivity index (χ3v) is 3.34. The van der Waals surface area contributed by atoms with E-state index in [-0.39, 0.29) is 17.8 Å². The zero-order valence-corrected chi connectivity index (χ0v) is 10.8. The first-order valence-corrected chi connectivity index (χ1v) is 5.93. The van der Waals surface area contributed by atoms with Gasteiger partial charge in [0.15, 0.2) is 17.9 Å². The smallest absolute Gasteiger partial charge is 0.346 e. The van der Waals surface area contributed by atoms with Crippen molar-refractivity contribution in [2.45, 2.75) is 37.2 Å². The number of aromatic amines is 1. The topological polar surface area (TPSA) is 150 Å². The summed E-state index contributed by atoms with van der Waals surface area (Å²) in [4.78, 5) is 18.8. The molecule has 3 atom stereocenters. The van der Waals surface area contributed by atoms with E-state index in [4.69, 9.17) is 16.0 Å². The summed E-state index contributed by atoms with van der Waals surface area (Å²) in [5.41, 5.74) is 10.7. The predicted molar refractivity (Wildman–Crippen MR) is 66.2 cm³/mol. The van der Waals surface area contributed by atoms with Crippen LogP contribution in [0.5, 0.6) is 0 Å². The van der Waals surface area contributed by atoms with Crippen LogP contribution in [0.1, 0.15) is 25.0 Å². The van der Waals surface area contributed by atoms with Gasteiger partial charge >= 0.3 is 11.6 Å². The van der Waals surface area contributed by atoms with Crippen molar-refractivity contribution in [1.29, 1.82) is 0 Å². The molecule has 2 heterocycles. The lowest BCUT2D eigenvalue weighted by Gasteiger charge is -2.24. The first-order valence-electron chi connectivity index (χ1n) is 5.93. The molecule has 0 spiro atoms. The third kappa shape index (κ3) is 2.20. The number of H-pyrrole nitrogens is 1. The molecular weight excluding hydrogens is 290 g/mol. The summed E-state index contributed by atoms with van der Waals surface area (Å²) in [5, 5.41) is 13.0. The molecule has 0 aromatic carbocycles. The lowest BCUT2D eigenvalue weighted by molar-refractivity contribution is -0.114. The standard InChI is InChI=1S/C10H12F2N6O3/c1-2-9(17-18-14)7(19)10(11,12)5(21-9)4-3-15-8(20)16-6(4)13/h3,5,7,19H,2H2,1H3,(H3,13,15,16,20)/t5-,7-,9-/m1/s1. The van der Waals surface area contributed by atoms with E-state index in [2.05, 4.69) is 20.0 Å². The van der Waals surface area contributed by atoms with Crippen LogP contribution in [0.2, 0.25) is 0 Å². The summed E-state index contributed by atoms with van der Waals surface area (Å²) in [6.45, 7) is 1.42. The Morgan fingerprint density at radius 1 is 1.71 bits per heavy atom. The number of halogens is 2. The molecule has 11 heteroatoms. The fraction of sp³-hybridized carbons (Fsp3) is 0.600. The van der Waals surface area contributed by atoms with Crippen LogP contribution in [-0.4, -0.2) is 32.8 Å². The van der Waals surface area contributed by atoms with Gasteiger partial charge in [0.2, 0.25) is 0 Å². The molecule has 0 unspecified atom stereocenters. The second-order valence-electron chi connectivity index (χ2n) is 4.52. The van der Waals surface area contributed by atoms with Crippen LogP contribution in [0.3, 0.4) is 0 Å². The lowest BCUT2D eigenvalue weighted by atomic mass is 9.97. The minimum absolute atomic E-state index is 0.180. The predicted octanol–water partition coefficient (Wildman–Crippen LogP) is 0.836. The number of aliphatic hydroxyl groups is 1. The van der Waals surface area contributed by atoms with Crippen LogP contribution in [0.15, 0.2) is 16.1 Å². The molecule has 2 rings (SSSR count). The fourth-order valence-electron chi connectivity index (χ4n) is 2.19. The zero-order chi connectivity index (χ0) is 15.8. The third-order valence-electron chi connectivity index (χ3n) is 3.34. The van der Waals surface area contributed by atoms with Gasteiger partial charge in [-0.1, -0.05) is 12.0 Å². The Bertz CT molecular complexity index is 658. The van der Waals surface area contributed by atoms with E-state index in [1.165, 1.54) is 6.92 Å². The minimum Gasteiger partial charge on any atom is -0.385 e. The number of hydrogen-bond donors (Lipinski definition) is 3. The first-order chi connectivity index (χ1) is 9.78. The van der Waals surface area contributed by atoms with Crippen LogP contribution in [0.4, 0.5) is 14.6 Å². The number of alkyl halides is 2. The molecule has 0 amide bonds. The van der Waals surface area contributed by atoms with Crippen molar-refractivity contribution >= 4 is 5.82 Å². The van der Waals surface area contributed by atoms with E-state index in [0.29, 0.717) is 0 Å². The molecule has 0 aliphatic carbocycles. The highest BCUT2D eigenvalue weighted by molar-refractivity contribution is 5.40. The summed E-state index contributed by atoms with van der Waals surface area (Å²) in [6.07, 6.45) is -3.70. The number of anilines is 1. The van der Waals surface area contributed by atoms with Gasteiger partial charge in [-0.15, -0.1) is 0 Å². The van der Waals surface area contributed by atoms with E-state index in [1.54, 1.807) is 0 Å². The molecule has 1 saturated heterocycles. The Hall–Kier alpha value is -2.23. The molecule has 9 nitrogen and oxygen atoms in total. The molecule has 0 saturated carbocycles. The number of nitrogen functional groups attached to an aromatic ring is 1. The van der Waals surface area contributed by atoms with Crippen molar-refractivity contribution < 1.29 is 18.6 Å². The Morgan fingerprint density at radius 3 is 2.90 bits per heavy atom. The Kier molecular flexibility index (Phi) is 3.58. The van der Waals surface area contributed by atoms with E-state index in [0.717, 1.165) is 6.20 Å². The highest BCUT2D eigenvalue weighted by Crippen LogP contribution is 2.52. The molecule has 4 N–H and O–H groups in total. The van der Waals surface area contributed by atoms with Gasteiger partial charge in [-0.2, -0.15) is 0 Å². The number of nitrogens with two attached hydrogens (primary N) is 1. The monoisotopic (exact) mass is 302 g/mol. The fourth-order valence-corrected chi connectivity index (χ4v) is 2.19. The zero-order valence-electron chi connectivity index (χ0n) is 10.8. The molecule has 1 aromatic heterocycles. The molecular formula is C10H12F2N6O3. The maximum Gasteiger partial charge on any atom is 0.346 e. The van der Waals surface area contributed by atoms with Crippen molar-refractivity contribution in [1.82, 2.24) is 9.97 Å². The van der Waals surface area contributed by atoms with Gasteiger partial charge in [-0.3, -0.25) is 4.98 Å². The van der Waals surface area contributed by atoms with Crippen LogP contribution in [0.25, 0.3) is 10.4 Å². The van der Waals surface area contributed by atoms with Gasteiger partial charge in [0.05, 0.1) is 0 Å². The quantitative estimate of drug-likeness (QED) is 0.429. The van der Waals surface area contributed by atoms with E-state index < -0.39 is 29.5 Å². The first kappa shape index (κ1) is 15.2. The number of ether oxygens (including phenoxy) is 1. The second kappa shape index (κ2) is 4.95. The average molecular weight is 302 g/mol. The largest absolute Gasteiger partial charge is 0.385 e. The number of nitrogens with zero attached hydrogens (tertiary/aromatic N) is 4. The van der Waals surface area contributed by atoms with Crippen LogP contribution in [-0.2, 0) is 4.74 Å². The number of azide groups is 1. The van der Waals surface area contributed by atoms with Crippen molar-refractivity contribution in [2.75, 3.05) is 5.73 Å². The Morgan fingerprint density at radius 2 is 2.38 bits per heavy atom. The highest BCUT2D eigenvalue weighted by Gasteiger charge is 2.66. The maximum absolute atomic E-state index is 14.2. The van der Waals surface area contributed by atoms with Gasteiger partial charge < -0.3 is 15.6 Å². The van der Waals surface area contributed by atoms with Crippen molar-refractivity contribution in [2.24, 2.45) is 5.11 Å². The number of nitrogens with one attached hydrogen (secondary N) is 1. The second-order valence-corrected chi connectivity index (χ2v) is 4.52. The summed E-state index contributed by atoms with van der Waals surface area (Å²) in [5.74, 6) is -4.14.